The smallest absolute Gasteiger partial charge is 0.288 e. The maximum Gasteiger partial charge on any atom is 0.288 e. The summed E-state index contributed by atoms with van der Waals surface area (Å²) in [6.45, 7) is 1.41. The number of hydrogen-bond donors (Lipinski definition) is 1. The maximum atomic E-state index is 12.5. The summed E-state index contributed by atoms with van der Waals surface area (Å²) in [6.07, 6.45) is 10.7. The van der Waals surface area contributed by atoms with Gasteiger partial charge in [-0.3, -0.25) is 9.59 Å². The van der Waals surface area contributed by atoms with Crippen LogP contribution >= 0.6 is 0 Å². The highest BCUT2D eigenvalue weighted by atomic mass is 16.2. The second-order valence-corrected chi connectivity index (χ2v) is 6.33. The van der Waals surface area contributed by atoms with Gasteiger partial charge in [0.2, 0.25) is 11.7 Å². The summed E-state index contributed by atoms with van der Waals surface area (Å²) in [5, 5.41) is 4.12. The molecule has 23 heavy (non-hydrogen) atoms. The van der Waals surface area contributed by atoms with Crippen LogP contribution in [0.25, 0.3) is 0 Å². The molecular weight excluding hydrogens is 294 g/mol. The SMILES string of the molecule is NC(=O)c1ncn([C@H]2CCCN(C(=O)CC3=CCCCC3)C2)n1. The fourth-order valence-corrected chi connectivity index (χ4v) is 3.33. The Morgan fingerprint density at radius 2 is 2.17 bits per heavy atom. The van der Waals surface area contributed by atoms with Crippen molar-refractivity contribution in [3.63, 3.8) is 0 Å². The Labute approximate surface area is 135 Å². The van der Waals surface area contributed by atoms with Gasteiger partial charge in [0.15, 0.2) is 0 Å². The van der Waals surface area contributed by atoms with E-state index in [4.69, 9.17) is 5.73 Å². The van der Waals surface area contributed by atoms with Crippen molar-refractivity contribution in [2.45, 2.75) is 51.0 Å². The van der Waals surface area contributed by atoms with Gasteiger partial charge in [-0.1, -0.05) is 11.6 Å². The zero-order valence-corrected chi connectivity index (χ0v) is 13.3. The van der Waals surface area contributed by atoms with E-state index in [0.29, 0.717) is 13.0 Å². The maximum absolute atomic E-state index is 12.5. The Hall–Kier alpha value is -2.18. The first-order valence-corrected chi connectivity index (χ1v) is 8.30. The number of amides is 2. The van der Waals surface area contributed by atoms with Crippen molar-refractivity contribution in [1.82, 2.24) is 19.7 Å². The van der Waals surface area contributed by atoms with Crippen molar-refractivity contribution < 1.29 is 9.59 Å². The number of likely N-dealkylation sites (tertiary alicyclic amines) is 1. The first kappa shape index (κ1) is 15.7. The third-order valence-electron chi connectivity index (χ3n) is 4.62. The number of carbonyl (C=O) groups excluding carboxylic acids is 2. The van der Waals surface area contributed by atoms with Gasteiger partial charge in [-0.2, -0.15) is 0 Å². The van der Waals surface area contributed by atoms with Crippen LogP contribution in [0.5, 0.6) is 0 Å². The molecule has 1 fully saturated rings. The summed E-state index contributed by atoms with van der Waals surface area (Å²) >= 11 is 0. The fraction of sp³-hybridized carbons (Fsp3) is 0.625. The number of piperidine rings is 1. The monoisotopic (exact) mass is 317 g/mol. The molecule has 1 atom stereocenters. The lowest BCUT2D eigenvalue weighted by atomic mass is 9.96. The average Bonchev–Trinajstić information content (AvgIpc) is 3.06. The Balaban J connectivity index is 1.61. The third-order valence-corrected chi connectivity index (χ3v) is 4.62. The van der Waals surface area contributed by atoms with Gasteiger partial charge in [-0.15, -0.1) is 5.10 Å². The molecule has 1 aliphatic carbocycles. The lowest BCUT2D eigenvalue weighted by molar-refractivity contribution is -0.132. The van der Waals surface area contributed by atoms with E-state index in [0.717, 1.165) is 32.2 Å². The second kappa shape index (κ2) is 6.93. The molecule has 2 aliphatic rings. The van der Waals surface area contributed by atoms with E-state index in [-0.39, 0.29) is 17.8 Å². The summed E-state index contributed by atoms with van der Waals surface area (Å²) in [7, 11) is 0. The number of hydrogen-bond acceptors (Lipinski definition) is 4. The molecule has 7 nitrogen and oxygen atoms in total. The van der Waals surface area contributed by atoms with E-state index in [9.17, 15) is 9.59 Å². The van der Waals surface area contributed by atoms with Crippen molar-refractivity contribution in [2.24, 2.45) is 5.73 Å². The van der Waals surface area contributed by atoms with Gasteiger partial charge < -0.3 is 10.6 Å². The van der Waals surface area contributed by atoms with Crippen LogP contribution in [-0.4, -0.2) is 44.6 Å². The summed E-state index contributed by atoms with van der Waals surface area (Å²) in [6, 6.07) is 0.0636. The van der Waals surface area contributed by atoms with Gasteiger partial charge in [0.05, 0.1) is 6.04 Å². The third kappa shape index (κ3) is 3.78. The number of aromatic nitrogens is 3. The highest BCUT2D eigenvalue weighted by molar-refractivity contribution is 5.88. The number of rotatable bonds is 4. The normalized spacial score (nSPS) is 21.8. The van der Waals surface area contributed by atoms with Crippen molar-refractivity contribution in [1.29, 1.82) is 0 Å². The number of nitrogens with zero attached hydrogens (tertiary/aromatic N) is 4. The lowest BCUT2D eigenvalue weighted by Crippen LogP contribution is -2.41. The molecule has 3 rings (SSSR count). The Morgan fingerprint density at radius 1 is 1.30 bits per heavy atom. The Bertz CT molecular complexity index is 622. The van der Waals surface area contributed by atoms with Crippen LogP contribution in [0, 0.1) is 0 Å². The molecule has 1 saturated heterocycles. The van der Waals surface area contributed by atoms with Gasteiger partial charge in [-0.25, -0.2) is 9.67 Å². The van der Waals surface area contributed by atoms with E-state index in [1.54, 1.807) is 4.68 Å². The van der Waals surface area contributed by atoms with Crippen LogP contribution in [0.2, 0.25) is 0 Å². The molecule has 1 aromatic heterocycles. The number of carbonyl (C=O) groups is 2. The zero-order chi connectivity index (χ0) is 16.2. The average molecular weight is 317 g/mol. The number of allylic oxidation sites excluding steroid dienone is 1. The van der Waals surface area contributed by atoms with Crippen LogP contribution in [0.15, 0.2) is 18.0 Å². The van der Waals surface area contributed by atoms with E-state index in [1.165, 1.54) is 24.7 Å². The summed E-state index contributed by atoms with van der Waals surface area (Å²) in [5.41, 5.74) is 6.47. The first-order valence-electron chi connectivity index (χ1n) is 8.30. The molecule has 0 saturated carbocycles. The van der Waals surface area contributed by atoms with Gasteiger partial charge in [0.1, 0.15) is 6.33 Å². The van der Waals surface area contributed by atoms with E-state index in [2.05, 4.69) is 16.2 Å². The molecule has 2 amide bonds. The molecule has 2 N–H and O–H groups in total. The predicted molar refractivity (Wildman–Crippen MR) is 84.6 cm³/mol. The van der Waals surface area contributed by atoms with Gasteiger partial charge >= 0.3 is 0 Å². The molecule has 0 radical (unpaired) electrons. The largest absolute Gasteiger partial charge is 0.363 e. The molecule has 7 heteroatoms. The van der Waals surface area contributed by atoms with E-state index in [1.807, 2.05) is 4.90 Å². The van der Waals surface area contributed by atoms with Crippen LogP contribution in [-0.2, 0) is 4.79 Å². The Morgan fingerprint density at radius 3 is 2.87 bits per heavy atom. The highest BCUT2D eigenvalue weighted by Crippen LogP contribution is 2.24. The number of nitrogens with two attached hydrogens (primary N) is 1. The Kier molecular flexibility index (Phi) is 4.73. The summed E-state index contributed by atoms with van der Waals surface area (Å²) < 4.78 is 1.67. The predicted octanol–water partition coefficient (Wildman–Crippen LogP) is 1.43. The van der Waals surface area contributed by atoms with Crippen molar-refractivity contribution in [3.8, 4) is 0 Å². The molecule has 2 heterocycles. The number of primary amides is 1. The zero-order valence-electron chi connectivity index (χ0n) is 13.3. The highest BCUT2D eigenvalue weighted by Gasteiger charge is 2.26. The van der Waals surface area contributed by atoms with Crippen LogP contribution in [0.1, 0.15) is 61.6 Å². The standard InChI is InChI=1S/C16H23N5O2/c17-15(23)16-18-11-21(19-16)13-7-4-8-20(10-13)14(22)9-12-5-2-1-3-6-12/h5,11,13H,1-4,6-10H2,(H2,17,23)/t13-/m0/s1. The van der Waals surface area contributed by atoms with Gasteiger partial charge in [0.25, 0.3) is 5.91 Å². The van der Waals surface area contributed by atoms with E-state index < -0.39 is 5.91 Å². The minimum atomic E-state index is -0.628. The van der Waals surface area contributed by atoms with Gasteiger partial charge in [-0.05, 0) is 38.5 Å². The summed E-state index contributed by atoms with van der Waals surface area (Å²) in [5.74, 6) is -0.407. The van der Waals surface area contributed by atoms with Crippen molar-refractivity contribution >= 4 is 11.8 Å². The molecular formula is C16H23N5O2. The molecule has 124 valence electrons. The molecule has 1 aliphatic heterocycles. The fourth-order valence-electron chi connectivity index (χ4n) is 3.33. The lowest BCUT2D eigenvalue weighted by Gasteiger charge is -2.33. The minimum Gasteiger partial charge on any atom is -0.363 e. The van der Waals surface area contributed by atoms with E-state index >= 15 is 0 Å². The van der Waals surface area contributed by atoms with Crippen LogP contribution in [0.3, 0.4) is 0 Å². The first-order chi connectivity index (χ1) is 11.1. The molecule has 1 aromatic rings. The quantitative estimate of drug-likeness (QED) is 0.850. The van der Waals surface area contributed by atoms with Crippen LogP contribution in [0.4, 0.5) is 0 Å². The van der Waals surface area contributed by atoms with Crippen molar-refractivity contribution in [2.75, 3.05) is 13.1 Å². The van der Waals surface area contributed by atoms with Crippen LogP contribution < -0.4 is 5.73 Å². The topological polar surface area (TPSA) is 94.1 Å². The molecule has 0 unspecified atom stereocenters. The minimum absolute atomic E-state index is 0.0285. The van der Waals surface area contributed by atoms with Gasteiger partial charge in [0, 0.05) is 19.5 Å². The summed E-state index contributed by atoms with van der Waals surface area (Å²) in [4.78, 5) is 29.5. The molecule has 0 bridgehead atoms. The second-order valence-electron chi connectivity index (χ2n) is 6.33. The molecule has 0 spiro atoms. The van der Waals surface area contributed by atoms with Crippen molar-refractivity contribution in [3.05, 3.63) is 23.8 Å². The molecule has 0 aromatic carbocycles.